The number of aliphatic hydroxyl groups is 1. The van der Waals surface area contributed by atoms with Gasteiger partial charge in [0.05, 0.1) is 12.4 Å². The third-order valence-corrected chi connectivity index (χ3v) is 5.21. The zero-order chi connectivity index (χ0) is 14.6. The molecule has 5 heteroatoms. The van der Waals surface area contributed by atoms with Gasteiger partial charge in [-0.1, -0.05) is 30.9 Å². The number of hydrogen-bond donors (Lipinski definition) is 1. The van der Waals surface area contributed by atoms with Crippen LogP contribution in [0.25, 0.3) is 0 Å². The van der Waals surface area contributed by atoms with Crippen LogP contribution in [0, 0.1) is 17.8 Å². The van der Waals surface area contributed by atoms with Crippen molar-refractivity contribution < 1.29 is 13.5 Å². The van der Waals surface area contributed by atoms with Crippen molar-refractivity contribution in [3.05, 3.63) is 35.4 Å². The first-order valence-electron chi connectivity index (χ1n) is 6.68. The molecule has 1 unspecified atom stereocenters. The van der Waals surface area contributed by atoms with Crippen LogP contribution in [-0.4, -0.2) is 36.7 Å². The van der Waals surface area contributed by atoms with E-state index in [1.165, 1.54) is 4.31 Å². The summed E-state index contributed by atoms with van der Waals surface area (Å²) in [6, 6.07) is 7.58. The van der Waals surface area contributed by atoms with Crippen LogP contribution in [0.2, 0.25) is 0 Å². The van der Waals surface area contributed by atoms with Gasteiger partial charge in [0.2, 0.25) is 10.0 Å². The first-order valence-corrected chi connectivity index (χ1v) is 8.28. The van der Waals surface area contributed by atoms with Crippen molar-refractivity contribution in [2.45, 2.75) is 19.9 Å². The van der Waals surface area contributed by atoms with Gasteiger partial charge >= 0.3 is 0 Å². The summed E-state index contributed by atoms with van der Waals surface area (Å²) in [5.74, 6) is 6.25. The Morgan fingerprint density at radius 1 is 1.45 bits per heavy atom. The number of hydrogen-bond acceptors (Lipinski definition) is 3. The molecule has 20 heavy (non-hydrogen) atoms. The quantitative estimate of drug-likeness (QED) is 0.852. The maximum absolute atomic E-state index is 11.9. The molecule has 2 rings (SSSR count). The molecule has 1 aromatic rings. The fourth-order valence-corrected chi connectivity index (χ4v) is 4.18. The van der Waals surface area contributed by atoms with Gasteiger partial charge in [0.15, 0.2) is 0 Å². The minimum Gasteiger partial charge on any atom is -0.395 e. The van der Waals surface area contributed by atoms with E-state index in [0.29, 0.717) is 19.5 Å². The first-order chi connectivity index (χ1) is 9.51. The Hall–Kier alpha value is -1.35. The third kappa shape index (κ3) is 3.83. The number of benzene rings is 1. The van der Waals surface area contributed by atoms with Crippen molar-refractivity contribution in [1.29, 1.82) is 0 Å². The molecule has 0 saturated carbocycles. The number of sulfonamides is 1. The lowest BCUT2D eigenvalue weighted by Gasteiger charge is -2.14. The molecule has 1 atom stereocenters. The topological polar surface area (TPSA) is 57.6 Å². The zero-order valence-corrected chi connectivity index (χ0v) is 12.4. The monoisotopic (exact) mass is 293 g/mol. The van der Waals surface area contributed by atoms with Crippen LogP contribution >= 0.6 is 0 Å². The smallest absolute Gasteiger partial charge is 0.214 e. The van der Waals surface area contributed by atoms with E-state index in [1.807, 2.05) is 31.2 Å². The molecular formula is C15H19NO3S. The summed E-state index contributed by atoms with van der Waals surface area (Å²) in [5, 5.41) is 8.70. The van der Waals surface area contributed by atoms with Crippen LogP contribution in [0.4, 0.5) is 0 Å². The van der Waals surface area contributed by atoms with Gasteiger partial charge in [-0.05, 0) is 23.6 Å². The van der Waals surface area contributed by atoms with Crippen LogP contribution < -0.4 is 0 Å². The molecule has 0 amide bonds. The van der Waals surface area contributed by atoms with Crippen molar-refractivity contribution >= 4 is 10.0 Å². The molecule has 0 bridgehead atoms. The highest BCUT2D eigenvalue weighted by Gasteiger charge is 2.33. The van der Waals surface area contributed by atoms with Gasteiger partial charge < -0.3 is 5.11 Å². The summed E-state index contributed by atoms with van der Waals surface area (Å²) in [5.41, 5.74) is 1.79. The highest BCUT2D eigenvalue weighted by molar-refractivity contribution is 7.89. The van der Waals surface area contributed by atoms with Crippen molar-refractivity contribution in [2.75, 3.05) is 18.9 Å². The fraction of sp³-hybridized carbons (Fsp3) is 0.467. The summed E-state index contributed by atoms with van der Waals surface area (Å²) in [6.45, 7) is 3.00. The zero-order valence-electron chi connectivity index (χ0n) is 11.5. The number of rotatable bonds is 3. The Morgan fingerprint density at radius 3 is 2.90 bits per heavy atom. The van der Waals surface area contributed by atoms with Gasteiger partial charge in [-0.25, -0.2) is 8.42 Å². The van der Waals surface area contributed by atoms with Crippen molar-refractivity contribution in [2.24, 2.45) is 5.92 Å². The predicted octanol–water partition coefficient (Wildman–Crippen LogP) is 1.20. The predicted molar refractivity (Wildman–Crippen MR) is 78.4 cm³/mol. The van der Waals surface area contributed by atoms with E-state index >= 15 is 0 Å². The minimum absolute atomic E-state index is 0.0522. The van der Waals surface area contributed by atoms with Gasteiger partial charge in [0, 0.05) is 25.1 Å². The maximum Gasteiger partial charge on any atom is 0.214 e. The van der Waals surface area contributed by atoms with Gasteiger partial charge in [0.25, 0.3) is 0 Å². The molecule has 1 aromatic carbocycles. The average molecular weight is 293 g/mol. The molecule has 0 aliphatic carbocycles. The van der Waals surface area contributed by atoms with E-state index < -0.39 is 10.0 Å². The summed E-state index contributed by atoms with van der Waals surface area (Å²) in [7, 11) is -3.10. The Morgan fingerprint density at radius 2 is 2.25 bits per heavy atom. The second kappa shape index (κ2) is 6.40. The molecule has 1 saturated heterocycles. The number of aliphatic hydroxyl groups excluding tert-OH is 1. The van der Waals surface area contributed by atoms with E-state index in [-0.39, 0.29) is 18.3 Å². The van der Waals surface area contributed by atoms with E-state index in [0.717, 1.165) is 11.1 Å². The molecule has 1 fully saturated rings. The second-order valence-corrected chi connectivity index (χ2v) is 7.17. The third-order valence-electron chi connectivity index (χ3n) is 3.16. The highest BCUT2D eigenvalue weighted by atomic mass is 32.2. The van der Waals surface area contributed by atoms with E-state index in [1.54, 1.807) is 0 Å². The van der Waals surface area contributed by atoms with Crippen molar-refractivity contribution in [3.8, 4) is 11.8 Å². The molecule has 0 radical (unpaired) electrons. The highest BCUT2D eigenvalue weighted by Crippen LogP contribution is 2.21. The molecule has 1 aliphatic heterocycles. The van der Waals surface area contributed by atoms with Crippen molar-refractivity contribution in [1.82, 2.24) is 4.31 Å². The summed E-state index contributed by atoms with van der Waals surface area (Å²) in [4.78, 5) is 0. The lowest BCUT2D eigenvalue weighted by atomic mass is 10.1. The minimum atomic E-state index is -3.10. The van der Waals surface area contributed by atoms with Gasteiger partial charge in [-0.2, -0.15) is 4.31 Å². The standard InChI is InChI=1S/C15H19NO3S/c1-13-10-16(20(18,19)12-13)11-15-7-4-6-14(9-15)5-2-3-8-17/h4,6-7,9,13,17H,3,8,10-12H2,1H3. The van der Waals surface area contributed by atoms with Gasteiger partial charge in [-0.15, -0.1) is 0 Å². The van der Waals surface area contributed by atoms with Gasteiger partial charge in [-0.3, -0.25) is 0 Å². The fourth-order valence-electron chi connectivity index (χ4n) is 2.31. The van der Waals surface area contributed by atoms with Crippen LogP contribution in [0.15, 0.2) is 24.3 Å². The van der Waals surface area contributed by atoms with E-state index in [4.69, 9.17) is 5.11 Å². The Bertz CT molecular complexity index is 628. The van der Waals surface area contributed by atoms with Gasteiger partial charge in [0.1, 0.15) is 0 Å². The first kappa shape index (κ1) is 15.0. The van der Waals surface area contributed by atoms with E-state index in [2.05, 4.69) is 11.8 Å². The largest absolute Gasteiger partial charge is 0.395 e. The molecule has 0 aromatic heterocycles. The second-order valence-electron chi connectivity index (χ2n) is 5.15. The van der Waals surface area contributed by atoms with Crippen LogP contribution in [-0.2, 0) is 16.6 Å². The van der Waals surface area contributed by atoms with Crippen LogP contribution in [0.1, 0.15) is 24.5 Å². The SMILES string of the molecule is CC1CN(Cc2cccc(C#CCCO)c2)S(=O)(=O)C1. The Kier molecular flexibility index (Phi) is 4.81. The molecule has 1 heterocycles. The summed E-state index contributed by atoms with van der Waals surface area (Å²) < 4.78 is 25.4. The average Bonchev–Trinajstić information content (AvgIpc) is 2.63. The van der Waals surface area contributed by atoms with Crippen LogP contribution in [0.3, 0.4) is 0 Å². The van der Waals surface area contributed by atoms with Crippen LogP contribution in [0.5, 0.6) is 0 Å². The maximum atomic E-state index is 11.9. The lowest BCUT2D eigenvalue weighted by Crippen LogP contribution is -2.25. The summed E-state index contributed by atoms with van der Waals surface area (Å²) in [6.07, 6.45) is 0.447. The normalized spacial score (nSPS) is 21.4. The molecule has 4 nitrogen and oxygen atoms in total. The Balaban J connectivity index is 2.11. The van der Waals surface area contributed by atoms with E-state index in [9.17, 15) is 8.42 Å². The molecular weight excluding hydrogens is 274 g/mol. The molecule has 1 aliphatic rings. The number of nitrogens with zero attached hydrogens (tertiary/aromatic N) is 1. The summed E-state index contributed by atoms with van der Waals surface area (Å²) >= 11 is 0. The lowest BCUT2D eigenvalue weighted by molar-refractivity contribution is 0.305. The Labute approximate surface area is 120 Å². The molecule has 1 N–H and O–H groups in total. The molecule has 0 spiro atoms. The van der Waals surface area contributed by atoms with Crippen molar-refractivity contribution in [3.63, 3.8) is 0 Å². The molecule has 108 valence electrons.